The van der Waals surface area contributed by atoms with E-state index in [2.05, 4.69) is 4.98 Å². The number of piperidine rings is 1. The third kappa shape index (κ3) is 1.39. The molecule has 0 radical (unpaired) electrons. The molecule has 1 saturated heterocycles. The van der Waals surface area contributed by atoms with E-state index in [9.17, 15) is 9.59 Å². The van der Waals surface area contributed by atoms with E-state index < -0.39 is 0 Å². The van der Waals surface area contributed by atoms with Gasteiger partial charge in [0.2, 0.25) is 17.7 Å². The van der Waals surface area contributed by atoms with Crippen LogP contribution >= 0.6 is 0 Å². The lowest BCUT2D eigenvalue weighted by molar-refractivity contribution is -0.142. The molecule has 2 N–H and O–H groups in total. The minimum Gasteiger partial charge on any atom is -0.439 e. The molecular formula is C13H11N3O3. The highest BCUT2D eigenvalue weighted by Gasteiger charge is 2.58. The second-order valence-corrected chi connectivity index (χ2v) is 5.01. The molecule has 2 heterocycles. The number of carbonyl (C=O) groups excluding carboxylic acids is 2. The van der Waals surface area contributed by atoms with Crippen molar-refractivity contribution in [3.05, 3.63) is 24.1 Å². The zero-order valence-corrected chi connectivity index (χ0v) is 10.00. The van der Waals surface area contributed by atoms with Crippen LogP contribution < -0.4 is 5.73 Å². The first kappa shape index (κ1) is 10.5. The van der Waals surface area contributed by atoms with E-state index in [-0.39, 0.29) is 30.2 Å². The van der Waals surface area contributed by atoms with Gasteiger partial charge < -0.3 is 10.2 Å². The Morgan fingerprint density at radius 3 is 2.74 bits per heavy atom. The van der Waals surface area contributed by atoms with Crippen molar-refractivity contribution in [2.45, 2.75) is 13.0 Å². The number of nitrogen functional groups attached to an aromatic ring is 1. The molecule has 0 bridgehead atoms. The van der Waals surface area contributed by atoms with Crippen molar-refractivity contribution in [3.8, 4) is 0 Å². The number of amides is 2. The molecule has 6 heteroatoms. The van der Waals surface area contributed by atoms with Crippen molar-refractivity contribution in [1.29, 1.82) is 0 Å². The van der Waals surface area contributed by atoms with Crippen LogP contribution in [0.3, 0.4) is 0 Å². The molecule has 1 saturated carbocycles. The molecule has 4 rings (SSSR count). The Morgan fingerprint density at radius 1 is 1.32 bits per heavy atom. The predicted molar refractivity (Wildman–Crippen MR) is 65.6 cm³/mol. The monoisotopic (exact) mass is 257 g/mol. The molecule has 6 nitrogen and oxygen atoms in total. The number of para-hydroxylation sites is 1. The standard InChI is InChI=1S/C13H11N3O3/c14-8-2-1-3-9-11(8)15-10(19-9)5-16-12(17)6-4-7(6)13(16)18/h1-3,6-7H,4-5,14H2. The molecule has 2 aliphatic rings. The maximum absolute atomic E-state index is 11.9. The molecule has 2 unspecified atom stereocenters. The fourth-order valence-electron chi connectivity index (χ4n) is 2.62. The van der Waals surface area contributed by atoms with Gasteiger partial charge in [0.15, 0.2) is 5.58 Å². The van der Waals surface area contributed by atoms with Gasteiger partial charge in [-0.05, 0) is 18.6 Å². The molecule has 2 amide bonds. The number of benzene rings is 1. The van der Waals surface area contributed by atoms with Gasteiger partial charge in [0.1, 0.15) is 12.1 Å². The molecule has 2 fully saturated rings. The summed E-state index contributed by atoms with van der Waals surface area (Å²) in [6, 6.07) is 5.26. The highest BCUT2D eigenvalue weighted by atomic mass is 16.3. The Balaban J connectivity index is 1.67. The maximum atomic E-state index is 11.9. The number of carbonyl (C=O) groups is 2. The number of imide groups is 1. The molecular weight excluding hydrogens is 246 g/mol. The van der Waals surface area contributed by atoms with Crippen LogP contribution in [0.1, 0.15) is 12.3 Å². The van der Waals surface area contributed by atoms with Crippen molar-refractivity contribution in [2.24, 2.45) is 11.8 Å². The zero-order valence-electron chi connectivity index (χ0n) is 10.00. The lowest BCUT2D eigenvalue weighted by Gasteiger charge is -2.13. The molecule has 96 valence electrons. The van der Waals surface area contributed by atoms with Gasteiger partial charge in [-0.1, -0.05) is 6.07 Å². The van der Waals surface area contributed by atoms with Crippen LogP contribution in [0.2, 0.25) is 0 Å². The Morgan fingerprint density at radius 2 is 2.05 bits per heavy atom. The summed E-state index contributed by atoms with van der Waals surface area (Å²) in [5.74, 6) is -0.0600. The topological polar surface area (TPSA) is 89.4 Å². The molecule has 1 aliphatic heterocycles. The van der Waals surface area contributed by atoms with Crippen LogP contribution in [0.25, 0.3) is 11.1 Å². The second kappa shape index (κ2) is 3.34. The number of oxazole rings is 1. The Kier molecular flexibility index (Phi) is 1.86. The third-order valence-electron chi connectivity index (χ3n) is 3.74. The first-order valence-corrected chi connectivity index (χ1v) is 6.14. The SMILES string of the molecule is Nc1cccc2oc(CN3C(=O)C4CC4C3=O)nc12. The van der Waals surface area contributed by atoms with Crippen LogP contribution in [0, 0.1) is 11.8 Å². The average Bonchev–Trinajstić information content (AvgIpc) is 3.02. The number of fused-ring (bicyclic) bond motifs is 2. The number of nitrogens with two attached hydrogens (primary N) is 1. The van der Waals surface area contributed by atoms with Gasteiger partial charge in [0.05, 0.1) is 17.5 Å². The van der Waals surface area contributed by atoms with Crippen LogP contribution in [0.4, 0.5) is 5.69 Å². The van der Waals surface area contributed by atoms with E-state index in [4.69, 9.17) is 10.2 Å². The van der Waals surface area contributed by atoms with Crippen molar-refractivity contribution >= 4 is 28.6 Å². The highest BCUT2D eigenvalue weighted by molar-refractivity contribution is 6.08. The van der Waals surface area contributed by atoms with E-state index in [1.165, 1.54) is 4.90 Å². The van der Waals surface area contributed by atoms with Crippen LogP contribution in [-0.2, 0) is 16.1 Å². The van der Waals surface area contributed by atoms with E-state index in [1.54, 1.807) is 18.2 Å². The summed E-state index contributed by atoms with van der Waals surface area (Å²) in [5.41, 5.74) is 7.45. The first-order valence-electron chi connectivity index (χ1n) is 6.14. The summed E-state index contributed by atoms with van der Waals surface area (Å²) in [6.45, 7) is 0.0960. The molecule has 1 aromatic heterocycles. The number of rotatable bonds is 2. The number of hydrogen-bond acceptors (Lipinski definition) is 5. The summed E-state index contributed by atoms with van der Waals surface area (Å²) in [5, 5.41) is 0. The Hall–Kier alpha value is -2.37. The maximum Gasteiger partial charge on any atom is 0.233 e. The molecule has 0 spiro atoms. The Bertz CT molecular complexity index is 701. The number of likely N-dealkylation sites (tertiary alicyclic amines) is 1. The van der Waals surface area contributed by atoms with E-state index in [0.717, 1.165) is 0 Å². The summed E-state index contributed by atoms with van der Waals surface area (Å²) >= 11 is 0. The van der Waals surface area contributed by atoms with E-state index >= 15 is 0 Å². The summed E-state index contributed by atoms with van der Waals surface area (Å²) in [6.07, 6.45) is 0.703. The number of nitrogens with zero attached hydrogens (tertiary/aromatic N) is 2. The number of aromatic nitrogens is 1. The van der Waals surface area contributed by atoms with E-state index in [1.807, 2.05) is 0 Å². The quantitative estimate of drug-likeness (QED) is 0.638. The minimum atomic E-state index is -0.106. The summed E-state index contributed by atoms with van der Waals surface area (Å²) < 4.78 is 5.52. The zero-order chi connectivity index (χ0) is 13.1. The number of anilines is 1. The van der Waals surface area contributed by atoms with E-state index in [0.29, 0.717) is 29.1 Å². The average molecular weight is 257 g/mol. The smallest absolute Gasteiger partial charge is 0.233 e. The van der Waals surface area contributed by atoms with Gasteiger partial charge in [-0.25, -0.2) is 4.98 Å². The van der Waals surface area contributed by atoms with Crippen molar-refractivity contribution in [2.75, 3.05) is 5.73 Å². The van der Waals surface area contributed by atoms with Gasteiger partial charge in [-0.3, -0.25) is 14.5 Å². The predicted octanol–water partition coefficient (Wildman–Crippen LogP) is 0.915. The summed E-state index contributed by atoms with van der Waals surface area (Å²) in [4.78, 5) is 29.2. The normalized spacial score (nSPS) is 25.2. The fraction of sp³-hybridized carbons (Fsp3) is 0.308. The molecule has 2 atom stereocenters. The van der Waals surface area contributed by atoms with Gasteiger partial charge in [0, 0.05) is 0 Å². The highest BCUT2D eigenvalue weighted by Crippen LogP contribution is 2.47. The lowest BCUT2D eigenvalue weighted by Crippen LogP contribution is -2.32. The van der Waals surface area contributed by atoms with Crippen LogP contribution in [0.5, 0.6) is 0 Å². The van der Waals surface area contributed by atoms with Gasteiger partial charge in [-0.2, -0.15) is 0 Å². The van der Waals surface area contributed by atoms with Crippen molar-refractivity contribution in [3.63, 3.8) is 0 Å². The minimum absolute atomic E-state index is 0.0954. The van der Waals surface area contributed by atoms with Crippen LogP contribution in [-0.4, -0.2) is 21.7 Å². The van der Waals surface area contributed by atoms with Crippen LogP contribution in [0.15, 0.2) is 22.6 Å². The fourth-order valence-corrected chi connectivity index (χ4v) is 2.62. The molecule has 1 aromatic carbocycles. The Labute approximate surface area is 108 Å². The first-order chi connectivity index (χ1) is 9.15. The third-order valence-corrected chi connectivity index (χ3v) is 3.74. The van der Waals surface area contributed by atoms with Gasteiger partial charge in [-0.15, -0.1) is 0 Å². The van der Waals surface area contributed by atoms with Gasteiger partial charge >= 0.3 is 0 Å². The lowest BCUT2D eigenvalue weighted by atomic mass is 10.3. The van der Waals surface area contributed by atoms with Crippen molar-refractivity contribution < 1.29 is 14.0 Å². The largest absolute Gasteiger partial charge is 0.439 e. The summed E-state index contributed by atoms with van der Waals surface area (Å²) in [7, 11) is 0. The van der Waals surface area contributed by atoms with Crippen molar-refractivity contribution in [1.82, 2.24) is 9.88 Å². The molecule has 19 heavy (non-hydrogen) atoms. The molecule has 2 aromatic rings. The molecule has 1 aliphatic carbocycles. The number of hydrogen-bond donors (Lipinski definition) is 1. The van der Waals surface area contributed by atoms with Gasteiger partial charge in [0.25, 0.3) is 0 Å². The second-order valence-electron chi connectivity index (χ2n) is 5.01.